The molecule has 1 saturated heterocycles. The molecule has 0 spiro atoms. The van der Waals surface area contributed by atoms with Crippen LogP contribution in [0.3, 0.4) is 0 Å². The average Bonchev–Trinajstić information content (AvgIpc) is 3.28. The normalized spacial score (nSPS) is 28.8. The quantitative estimate of drug-likeness (QED) is 0.474. The molecule has 0 unspecified atom stereocenters. The number of rotatable bonds is 7. The van der Waals surface area contributed by atoms with Crippen molar-refractivity contribution in [1.29, 1.82) is 0 Å². The first kappa shape index (κ1) is 27.3. The minimum atomic E-state index is -2.63. The van der Waals surface area contributed by atoms with E-state index < -0.39 is 5.92 Å². The van der Waals surface area contributed by atoms with E-state index in [2.05, 4.69) is 34.7 Å². The summed E-state index contributed by atoms with van der Waals surface area (Å²) in [5, 5.41) is 8.30. The molecule has 3 heterocycles. The fourth-order valence-corrected chi connectivity index (χ4v) is 6.76. The van der Waals surface area contributed by atoms with Crippen LogP contribution in [0.25, 0.3) is 5.52 Å². The zero-order chi connectivity index (χ0) is 26.9. The summed E-state index contributed by atoms with van der Waals surface area (Å²) in [6.45, 7) is 5.32. The smallest absolute Gasteiger partial charge is 0.251 e. The van der Waals surface area contributed by atoms with Crippen molar-refractivity contribution in [2.75, 3.05) is 32.1 Å². The molecule has 2 aromatic heterocycles. The number of halogens is 2. The number of anilines is 1. The molecule has 2 aliphatic carbocycles. The summed E-state index contributed by atoms with van der Waals surface area (Å²) in [7, 11) is 1.69. The van der Waals surface area contributed by atoms with Crippen molar-refractivity contribution in [1.82, 2.24) is 19.5 Å². The lowest BCUT2D eigenvalue weighted by Crippen LogP contribution is -2.45. The maximum atomic E-state index is 13.6. The molecule has 1 atom stereocenters. The maximum Gasteiger partial charge on any atom is 0.251 e. The Labute approximate surface area is 224 Å². The summed E-state index contributed by atoms with van der Waals surface area (Å²) < 4.78 is 34.5. The lowest BCUT2D eigenvalue weighted by Gasteiger charge is -2.36. The number of amides is 1. The Bertz CT molecular complexity index is 1100. The van der Waals surface area contributed by atoms with Gasteiger partial charge in [0.05, 0.1) is 18.3 Å². The van der Waals surface area contributed by atoms with Crippen LogP contribution in [0, 0.1) is 11.8 Å². The number of alkyl halides is 2. The van der Waals surface area contributed by atoms with Crippen molar-refractivity contribution in [3.05, 3.63) is 23.5 Å². The first-order chi connectivity index (χ1) is 18.2. The van der Waals surface area contributed by atoms with Gasteiger partial charge in [-0.2, -0.15) is 0 Å². The molecule has 3 fully saturated rings. The minimum Gasteiger partial charge on any atom is -0.383 e. The second-order valence-corrected chi connectivity index (χ2v) is 12.1. The molecule has 2 saturated carbocycles. The first-order valence-corrected chi connectivity index (χ1v) is 14.5. The number of hydrogen-bond donors (Lipinski definition) is 1. The number of likely N-dealkylation sites (tertiary alicyclic amines) is 1. The van der Waals surface area contributed by atoms with Crippen LogP contribution in [0.5, 0.6) is 0 Å². The SMILES string of the molecule is COC[C@H](C)Nc1ncc2c(C3CCC(C(=O)N4CCC(F)(F)CC4)CC3)cc(C3CCC(C)CC3)n2n1. The van der Waals surface area contributed by atoms with E-state index in [1.807, 2.05) is 6.20 Å². The highest BCUT2D eigenvalue weighted by Gasteiger charge is 2.38. The summed E-state index contributed by atoms with van der Waals surface area (Å²) in [6.07, 6.45) is 9.81. The molecule has 3 aliphatic rings. The lowest BCUT2D eigenvalue weighted by atomic mass is 9.77. The summed E-state index contributed by atoms with van der Waals surface area (Å²) in [6, 6.07) is 2.47. The molecule has 0 bridgehead atoms. The molecule has 1 N–H and O–H groups in total. The lowest BCUT2D eigenvalue weighted by molar-refractivity contribution is -0.142. The van der Waals surface area contributed by atoms with Gasteiger partial charge in [0, 0.05) is 56.6 Å². The maximum absolute atomic E-state index is 13.6. The molecule has 210 valence electrons. The Morgan fingerprint density at radius 2 is 1.76 bits per heavy atom. The van der Waals surface area contributed by atoms with Crippen LogP contribution < -0.4 is 5.32 Å². The topological polar surface area (TPSA) is 71.8 Å². The van der Waals surface area contributed by atoms with Gasteiger partial charge in [0.1, 0.15) is 0 Å². The van der Waals surface area contributed by atoms with Gasteiger partial charge in [-0.05, 0) is 68.9 Å². The minimum absolute atomic E-state index is 0.0551. The fourth-order valence-electron chi connectivity index (χ4n) is 6.76. The van der Waals surface area contributed by atoms with Gasteiger partial charge in [0.15, 0.2) is 0 Å². The summed E-state index contributed by atoms with van der Waals surface area (Å²) in [4.78, 5) is 19.4. The predicted octanol–water partition coefficient (Wildman–Crippen LogP) is 6.00. The van der Waals surface area contributed by atoms with Gasteiger partial charge in [-0.3, -0.25) is 4.79 Å². The van der Waals surface area contributed by atoms with E-state index >= 15 is 0 Å². The van der Waals surface area contributed by atoms with Crippen LogP contribution in [-0.4, -0.2) is 64.2 Å². The third kappa shape index (κ3) is 5.97. The van der Waals surface area contributed by atoms with Crippen molar-refractivity contribution in [2.45, 2.75) is 102 Å². The van der Waals surface area contributed by atoms with Gasteiger partial charge < -0.3 is 15.0 Å². The number of methoxy groups -OCH3 is 1. The molecule has 1 amide bonds. The van der Waals surface area contributed by atoms with Crippen LogP contribution in [0.4, 0.5) is 14.7 Å². The first-order valence-electron chi connectivity index (χ1n) is 14.5. The number of piperidine rings is 1. The fraction of sp³-hybridized carbons (Fsp3) is 0.759. The van der Waals surface area contributed by atoms with E-state index in [0.717, 1.165) is 37.1 Å². The molecule has 5 rings (SSSR count). The Kier molecular flexibility index (Phi) is 8.22. The van der Waals surface area contributed by atoms with Crippen LogP contribution in [0.2, 0.25) is 0 Å². The summed E-state index contributed by atoms with van der Waals surface area (Å²) >= 11 is 0. The molecule has 0 aromatic carbocycles. The number of carbonyl (C=O) groups excluding carboxylic acids is 1. The Morgan fingerprint density at radius 3 is 2.42 bits per heavy atom. The number of carbonyl (C=O) groups is 1. The highest BCUT2D eigenvalue weighted by atomic mass is 19.3. The highest BCUT2D eigenvalue weighted by molar-refractivity contribution is 5.79. The number of nitrogens with one attached hydrogen (secondary N) is 1. The zero-order valence-electron chi connectivity index (χ0n) is 23.1. The zero-order valence-corrected chi connectivity index (χ0v) is 23.1. The number of nitrogens with zero attached hydrogens (tertiary/aromatic N) is 4. The van der Waals surface area contributed by atoms with Crippen LogP contribution >= 0.6 is 0 Å². The van der Waals surface area contributed by atoms with Crippen molar-refractivity contribution >= 4 is 17.4 Å². The van der Waals surface area contributed by atoms with E-state index in [1.54, 1.807) is 12.0 Å². The van der Waals surface area contributed by atoms with Gasteiger partial charge in [-0.15, -0.1) is 5.10 Å². The van der Waals surface area contributed by atoms with Crippen molar-refractivity contribution < 1.29 is 18.3 Å². The van der Waals surface area contributed by atoms with E-state index in [1.165, 1.54) is 36.9 Å². The van der Waals surface area contributed by atoms with Gasteiger partial charge >= 0.3 is 0 Å². The van der Waals surface area contributed by atoms with E-state index in [4.69, 9.17) is 9.84 Å². The Hall–Kier alpha value is -2.29. The van der Waals surface area contributed by atoms with Gasteiger partial charge in [0.2, 0.25) is 11.9 Å². The van der Waals surface area contributed by atoms with Crippen molar-refractivity contribution in [3.8, 4) is 0 Å². The van der Waals surface area contributed by atoms with Gasteiger partial charge in [0.25, 0.3) is 5.92 Å². The molecular formula is C29H43F2N5O2. The summed E-state index contributed by atoms with van der Waals surface area (Å²) in [5.41, 5.74) is 3.63. The molecule has 0 radical (unpaired) electrons. The van der Waals surface area contributed by atoms with E-state index in [0.29, 0.717) is 24.4 Å². The molecule has 2 aromatic rings. The standard InChI is InChI=1S/C29H43F2N5O2/c1-19-4-6-22(7-5-19)25-16-24(26-17-32-28(34-36(25)26)33-20(2)18-38-3)21-8-10-23(11-9-21)27(37)35-14-12-29(30,31)13-15-35/h16-17,19-23H,4-15,18H2,1-3H3,(H,33,34)/t19?,20-,21?,22?,23?/m0/s1. The second-order valence-electron chi connectivity index (χ2n) is 12.1. The average molecular weight is 532 g/mol. The van der Waals surface area contributed by atoms with E-state index in [-0.39, 0.29) is 43.8 Å². The number of fused-ring (bicyclic) bond motifs is 1. The largest absolute Gasteiger partial charge is 0.383 e. The number of hydrogen-bond acceptors (Lipinski definition) is 5. The molecular weight excluding hydrogens is 488 g/mol. The third-order valence-electron chi connectivity index (χ3n) is 9.12. The van der Waals surface area contributed by atoms with Crippen LogP contribution in [-0.2, 0) is 9.53 Å². The molecule has 1 aliphatic heterocycles. The molecule has 38 heavy (non-hydrogen) atoms. The monoisotopic (exact) mass is 531 g/mol. The third-order valence-corrected chi connectivity index (χ3v) is 9.12. The Morgan fingerprint density at radius 1 is 1.11 bits per heavy atom. The van der Waals surface area contributed by atoms with Crippen LogP contribution in [0.1, 0.15) is 101 Å². The molecule has 9 heteroatoms. The highest BCUT2D eigenvalue weighted by Crippen LogP contribution is 2.43. The summed E-state index contributed by atoms with van der Waals surface area (Å²) in [5.74, 6) is -0.387. The molecule has 7 nitrogen and oxygen atoms in total. The van der Waals surface area contributed by atoms with Crippen LogP contribution in [0.15, 0.2) is 12.3 Å². The Balaban J connectivity index is 1.33. The number of aromatic nitrogens is 3. The van der Waals surface area contributed by atoms with Gasteiger partial charge in [-0.1, -0.05) is 19.8 Å². The van der Waals surface area contributed by atoms with Crippen molar-refractivity contribution in [3.63, 3.8) is 0 Å². The second kappa shape index (κ2) is 11.4. The van der Waals surface area contributed by atoms with Gasteiger partial charge in [-0.25, -0.2) is 18.3 Å². The van der Waals surface area contributed by atoms with E-state index in [9.17, 15) is 13.6 Å². The number of ether oxygens (including phenoxy) is 1. The predicted molar refractivity (Wildman–Crippen MR) is 144 cm³/mol. The van der Waals surface area contributed by atoms with Crippen molar-refractivity contribution in [2.24, 2.45) is 11.8 Å².